The van der Waals surface area contributed by atoms with Gasteiger partial charge in [-0.25, -0.2) is 4.39 Å². The Bertz CT molecular complexity index is 460. The molecule has 1 N–H and O–H groups in total. The molecule has 1 heterocycles. The van der Waals surface area contributed by atoms with Crippen LogP contribution in [-0.4, -0.2) is 30.6 Å². The molecule has 2 nitrogen and oxygen atoms in total. The van der Waals surface area contributed by atoms with Crippen LogP contribution in [0.15, 0.2) is 18.2 Å². The maximum atomic E-state index is 13.6. The van der Waals surface area contributed by atoms with Crippen molar-refractivity contribution in [2.75, 3.05) is 20.1 Å². The number of benzene rings is 1. The Kier molecular flexibility index (Phi) is 5.05. The summed E-state index contributed by atoms with van der Waals surface area (Å²) in [7, 11) is 1.93. The van der Waals surface area contributed by atoms with E-state index in [-0.39, 0.29) is 17.4 Å². The van der Waals surface area contributed by atoms with E-state index in [0.29, 0.717) is 5.02 Å². The lowest BCUT2D eigenvalue weighted by Crippen LogP contribution is -2.52. The Hall–Kier alpha value is -0.640. The summed E-state index contributed by atoms with van der Waals surface area (Å²) in [6, 6.07) is 4.65. The Morgan fingerprint density at radius 3 is 2.60 bits per heavy atom. The number of nitrogens with zero attached hydrogens (tertiary/aromatic N) is 1. The lowest BCUT2D eigenvalue weighted by molar-refractivity contribution is 0.0872. The van der Waals surface area contributed by atoms with Gasteiger partial charge < -0.3 is 5.32 Å². The van der Waals surface area contributed by atoms with Gasteiger partial charge >= 0.3 is 0 Å². The molecule has 1 aromatic rings. The highest BCUT2D eigenvalue weighted by Crippen LogP contribution is 2.38. The first-order valence-electron chi connectivity index (χ1n) is 7.40. The molecule has 0 aromatic heterocycles. The van der Waals surface area contributed by atoms with Crippen LogP contribution in [-0.2, 0) is 0 Å². The highest BCUT2D eigenvalue weighted by molar-refractivity contribution is 6.31. The Balaban J connectivity index is 2.40. The number of hydrogen-bond acceptors (Lipinski definition) is 2. The molecule has 1 aromatic carbocycles. The van der Waals surface area contributed by atoms with Gasteiger partial charge in [0.2, 0.25) is 0 Å². The summed E-state index contributed by atoms with van der Waals surface area (Å²) in [5.74, 6) is -0.232. The standard InChI is InChI=1S/C16H24ClFN2/c1-4-16(2,20-9-5-6-10-20)15(19-3)13-11-12(18)7-8-14(13)17/h7-8,11,15,19H,4-6,9-10H2,1-3H3. The van der Waals surface area contributed by atoms with E-state index in [1.807, 2.05) is 7.05 Å². The number of likely N-dealkylation sites (N-methyl/N-ethyl adjacent to an activating group) is 1. The summed E-state index contributed by atoms with van der Waals surface area (Å²) >= 11 is 6.31. The third-order valence-corrected chi connectivity index (χ3v) is 5.07. The van der Waals surface area contributed by atoms with Crippen LogP contribution < -0.4 is 5.32 Å². The molecule has 4 heteroatoms. The molecule has 112 valence electrons. The van der Waals surface area contributed by atoms with Gasteiger partial charge in [0.25, 0.3) is 0 Å². The van der Waals surface area contributed by atoms with Gasteiger partial charge in [-0.1, -0.05) is 18.5 Å². The molecular formula is C16H24ClFN2. The Labute approximate surface area is 126 Å². The highest BCUT2D eigenvalue weighted by Gasteiger charge is 2.40. The number of rotatable bonds is 5. The minimum absolute atomic E-state index is 0.0220. The second kappa shape index (κ2) is 6.42. The SMILES string of the molecule is CCC(C)(C(NC)c1cc(F)ccc1Cl)N1CCCC1. The van der Waals surface area contributed by atoms with Gasteiger partial charge in [-0.2, -0.15) is 0 Å². The van der Waals surface area contributed by atoms with Crippen LogP contribution in [0.2, 0.25) is 5.02 Å². The van der Waals surface area contributed by atoms with Gasteiger partial charge in [0.05, 0.1) is 6.04 Å². The van der Waals surface area contributed by atoms with Gasteiger partial charge in [0.15, 0.2) is 0 Å². The van der Waals surface area contributed by atoms with Crippen LogP contribution in [0.25, 0.3) is 0 Å². The van der Waals surface area contributed by atoms with Gasteiger partial charge in [-0.3, -0.25) is 4.90 Å². The van der Waals surface area contributed by atoms with Gasteiger partial charge in [-0.05, 0) is 70.1 Å². The molecular weight excluding hydrogens is 275 g/mol. The zero-order valence-electron chi connectivity index (χ0n) is 12.5. The van der Waals surface area contributed by atoms with Crippen LogP contribution in [0.1, 0.15) is 44.7 Å². The van der Waals surface area contributed by atoms with Crippen molar-refractivity contribution in [3.8, 4) is 0 Å². The summed E-state index contributed by atoms with van der Waals surface area (Å²) in [5, 5.41) is 3.99. The average Bonchev–Trinajstić information content (AvgIpc) is 2.97. The van der Waals surface area contributed by atoms with E-state index >= 15 is 0 Å². The number of nitrogens with one attached hydrogen (secondary N) is 1. The number of hydrogen-bond donors (Lipinski definition) is 1. The van der Waals surface area contributed by atoms with E-state index in [0.717, 1.165) is 25.1 Å². The molecule has 0 spiro atoms. The van der Waals surface area contributed by atoms with E-state index < -0.39 is 0 Å². The summed E-state index contributed by atoms with van der Waals surface area (Å²) < 4.78 is 13.6. The molecule has 0 radical (unpaired) electrons. The zero-order valence-corrected chi connectivity index (χ0v) is 13.3. The van der Waals surface area contributed by atoms with Crippen molar-refractivity contribution in [2.24, 2.45) is 0 Å². The van der Waals surface area contributed by atoms with Crippen molar-refractivity contribution in [1.29, 1.82) is 0 Å². The number of likely N-dealkylation sites (tertiary alicyclic amines) is 1. The predicted molar refractivity (Wildman–Crippen MR) is 82.7 cm³/mol. The Morgan fingerprint density at radius 2 is 2.05 bits per heavy atom. The van der Waals surface area contributed by atoms with E-state index in [4.69, 9.17) is 11.6 Å². The molecule has 1 fully saturated rings. The first kappa shape index (κ1) is 15.7. The van der Waals surface area contributed by atoms with Crippen LogP contribution in [0.4, 0.5) is 4.39 Å². The van der Waals surface area contributed by atoms with Crippen molar-refractivity contribution < 1.29 is 4.39 Å². The molecule has 0 bridgehead atoms. The number of halogens is 2. The molecule has 1 saturated heterocycles. The first-order valence-corrected chi connectivity index (χ1v) is 7.78. The summed E-state index contributed by atoms with van der Waals surface area (Å²) in [5.41, 5.74) is 0.799. The van der Waals surface area contributed by atoms with Gasteiger partial charge in [0.1, 0.15) is 5.82 Å². The highest BCUT2D eigenvalue weighted by atomic mass is 35.5. The monoisotopic (exact) mass is 298 g/mol. The fraction of sp³-hybridized carbons (Fsp3) is 0.625. The average molecular weight is 299 g/mol. The summed E-state index contributed by atoms with van der Waals surface area (Å²) in [6.07, 6.45) is 3.47. The zero-order chi connectivity index (χ0) is 14.8. The van der Waals surface area contributed by atoms with Crippen molar-refractivity contribution in [3.63, 3.8) is 0 Å². The minimum Gasteiger partial charge on any atom is -0.311 e. The van der Waals surface area contributed by atoms with E-state index in [1.165, 1.54) is 18.9 Å². The molecule has 1 aliphatic heterocycles. The lowest BCUT2D eigenvalue weighted by Gasteiger charge is -2.45. The molecule has 1 aliphatic rings. The maximum absolute atomic E-state index is 13.6. The summed E-state index contributed by atoms with van der Waals surface area (Å²) in [6.45, 7) is 6.65. The van der Waals surface area contributed by atoms with Gasteiger partial charge in [-0.15, -0.1) is 0 Å². The second-order valence-electron chi connectivity index (χ2n) is 5.79. The normalized spacial score (nSPS) is 20.9. The molecule has 2 atom stereocenters. The quantitative estimate of drug-likeness (QED) is 0.884. The van der Waals surface area contributed by atoms with Crippen molar-refractivity contribution in [3.05, 3.63) is 34.6 Å². The van der Waals surface area contributed by atoms with Crippen LogP contribution in [0.3, 0.4) is 0 Å². The molecule has 20 heavy (non-hydrogen) atoms. The van der Waals surface area contributed by atoms with Crippen LogP contribution in [0.5, 0.6) is 0 Å². The molecule has 2 unspecified atom stereocenters. The topological polar surface area (TPSA) is 15.3 Å². The first-order chi connectivity index (χ1) is 9.52. The van der Waals surface area contributed by atoms with Crippen molar-refractivity contribution in [2.45, 2.75) is 44.7 Å². The maximum Gasteiger partial charge on any atom is 0.123 e. The Morgan fingerprint density at radius 1 is 1.40 bits per heavy atom. The third-order valence-electron chi connectivity index (χ3n) is 4.72. The minimum atomic E-state index is -0.232. The third kappa shape index (κ3) is 2.85. The van der Waals surface area contributed by atoms with E-state index in [9.17, 15) is 4.39 Å². The van der Waals surface area contributed by atoms with E-state index in [1.54, 1.807) is 12.1 Å². The summed E-state index contributed by atoms with van der Waals surface area (Å²) in [4.78, 5) is 2.51. The second-order valence-corrected chi connectivity index (χ2v) is 6.20. The smallest absolute Gasteiger partial charge is 0.123 e. The van der Waals surface area contributed by atoms with Crippen LogP contribution >= 0.6 is 11.6 Å². The van der Waals surface area contributed by atoms with Crippen LogP contribution in [0, 0.1) is 5.82 Å². The largest absolute Gasteiger partial charge is 0.311 e. The molecule has 0 aliphatic carbocycles. The molecule has 0 amide bonds. The fourth-order valence-corrected chi connectivity index (χ4v) is 3.60. The fourth-order valence-electron chi connectivity index (χ4n) is 3.38. The predicted octanol–water partition coefficient (Wildman–Crippen LogP) is 4.00. The van der Waals surface area contributed by atoms with Crippen molar-refractivity contribution >= 4 is 11.6 Å². The van der Waals surface area contributed by atoms with Crippen molar-refractivity contribution in [1.82, 2.24) is 10.2 Å². The van der Waals surface area contributed by atoms with Gasteiger partial charge in [0, 0.05) is 10.6 Å². The van der Waals surface area contributed by atoms with E-state index in [2.05, 4.69) is 24.1 Å². The molecule has 0 saturated carbocycles. The lowest BCUT2D eigenvalue weighted by atomic mass is 9.83. The molecule has 2 rings (SSSR count).